The second kappa shape index (κ2) is 7.09. The lowest BCUT2D eigenvalue weighted by Crippen LogP contribution is -2.38. The minimum Gasteiger partial charge on any atom is -0.496 e. The lowest BCUT2D eigenvalue weighted by Gasteiger charge is -2.25. The fraction of sp³-hybridized carbons (Fsp3) is 0.429. The van der Waals surface area contributed by atoms with E-state index in [-0.39, 0.29) is 11.9 Å². The van der Waals surface area contributed by atoms with Gasteiger partial charge in [-0.05, 0) is 13.0 Å². The number of amides is 1. The topological polar surface area (TPSA) is 55.6 Å². The number of hydrogen-bond acceptors (Lipinski definition) is 3. The molecular formula is C14H20N2O2S. The van der Waals surface area contributed by atoms with E-state index < -0.39 is 0 Å². The van der Waals surface area contributed by atoms with Gasteiger partial charge in [0.1, 0.15) is 5.75 Å². The molecule has 1 atom stereocenters. The van der Waals surface area contributed by atoms with Gasteiger partial charge in [0, 0.05) is 25.1 Å². The maximum absolute atomic E-state index is 12.2. The van der Waals surface area contributed by atoms with E-state index in [2.05, 4.69) is 0 Å². The minimum atomic E-state index is -0.000271. The Bertz CT molecular complexity index is 463. The minimum absolute atomic E-state index is 0.000271. The lowest BCUT2D eigenvalue weighted by molar-refractivity contribution is -0.130. The van der Waals surface area contributed by atoms with Crippen LogP contribution in [0.15, 0.2) is 24.3 Å². The van der Waals surface area contributed by atoms with Crippen LogP contribution in [-0.2, 0) is 11.2 Å². The normalized spacial score (nSPS) is 11.7. The average molecular weight is 280 g/mol. The number of hydrogen-bond donors (Lipinski definition) is 1. The summed E-state index contributed by atoms with van der Waals surface area (Å²) in [5.74, 6) is 0.750. The summed E-state index contributed by atoms with van der Waals surface area (Å²) in [5.41, 5.74) is 6.38. The van der Waals surface area contributed by atoms with Crippen LogP contribution in [-0.4, -0.2) is 36.0 Å². The molecule has 2 N–H and O–H groups in total. The maximum atomic E-state index is 12.2. The van der Waals surface area contributed by atoms with Crippen molar-refractivity contribution in [3.8, 4) is 5.75 Å². The van der Waals surface area contributed by atoms with Gasteiger partial charge in [0.15, 0.2) is 0 Å². The number of ether oxygens (including phenoxy) is 1. The number of thiocarbonyl (C=S) groups is 1. The van der Waals surface area contributed by atoms with Crippen molar-refractivity contribution in [1.29, 1.82) is 0 Å². The van der Waals surface area contributed by atoms with E-state index >= 15 is 0 Å². The molecule has 0 aliphatic carbocycles. The smallest absolute Gasteiger partial charge is 0.227 e. The first-order valence-corrected chi connectivity index (χ1v) is 6.52. The third-order valence-corrected chi connectivity index (χ3v) is 3.25. The highest BCUT2D eigenvalue weighted by molar-refractivity contribution is 7.80. The summed E-state index contributed by atoms with van der Waals surface area (Å²) in [6.07, 6.45) is 0.839. The third-order valence-electron chi connectivity index (χ3n) is 3.09. The number of rotatable bonds is 6. The molecule has 1 rings (SSSR count). The molecule has 0 bridgehead atoms. The first-order chi connectivity index (χ1) is 8.95. The van der Waals surface area contributed by atoms with Crippen LogP contribution in [0.2, 0.25) is 0 Å². The molecule has 0 saturated heterocycles. The number of methoxy groups -OCH3 is 1. The summed E-state index contributed by atoms with van der Waals surface area (Å²) < 4.78 is 5.24. The standard InChI is InChI=1S/C14H20N2O2S/c1-10(8-13(15)19)16(2)14(17)9-11-6-4-5-7-12(11)18-3/h4-7,10H,8-9H2,1-3H3,(H2,15,19). The molecule has 0 spiro atoms. The Labute approximate surface area is 119 Å². The zero-order chi connectivity index (χ0) is 14.4. The molecular weight excluding hydrogens is 260 g/mol. The van der Waals surface area contributed by atoms with Crippen LogP contribution in [0.5, 0.6) is 5.75 Å². The Morgan fingerprint density at radius 3 is 2.68 bits per heavy atom. The summed E-state index contributed by atoms with van der Waals surface area (Å²) in [6, 6.07) is 7.51. The molecule has 19 heavy (non-hydrogen) atoms. The number of nitrogens with zero attached hydrogens (tertiary/aromatic N) is 1. The molecule has 1 unspecified atom stereocenters. The Morgan fingerprint density at radius 1 is 1.47 bits per heavy atom. The van der Waals surface area contributed by atoms with Gasteiger partial charge in [-0.25, -0.2) is 0 Å². The van der Waals surface area contributed by atoms with Gasteiger partial charge in [-0.3, -0.25) is 4.79 Å². The number of carbonyl (C=O) groups excluding carboxylic acids is 1. The van der Waals surface area contributed by atoms with Crippen LogP contribution in [0.3, 0.4) is 0 Å². The van der Waals surface area contributed by atoms with E-state index in [1.54, 1.807) is 19.1 Å². The Hall–Kier alpha value is -1.62. The summed E-state index contributed by atoms with van der Waals surface area (Å²) in [4.78, 5) is 14.3. The number of carbonyl (C=O) groups is 1. The van der Waals surface area contributed by atoms with Crippen LogP contribution >= 0.6 is 12.2 Å². The van der Waals surface area contributed by atoms with Crippen molar-refractivity contribution in [2.75, 3.05) is 14.2 Å². The van der Waals surface area contributed by atoms with Crippen LogP contribution in [0, 0.1) is 0 Å². The lowest BCUT2D eigenvalue weighted by atomic mass is 10.1. The predicted molar refractivity (Wildman–Crippen MR) is 80.3 cm³/mol. The fourth-order valence-corrected chi connectivity index (χ4v) is 2.05. The quantitative estimate of drug-likeness (QED) is 0.807. The molecule has 1 amide bonds. The van der Waals surface area contributed by atoms with E-state index in [4.69, 9.17) is 22.7 Å². The first-order valence-electron chi connectivity index (χ1n) is 6.11. The van der Waals surface area contributed by atoms with E-state index in [0.29, 0.717) is 17.8 Å². The van der Waals surface area contributed by atoms with Crippen molar-refractivity contribution >= 4 is 23.1 Å². The monoisotopic (exact) mass is 280 g/mol. The molecule has 1 aromatic carbocycles. The summed E-state index contributed by atoms with van der Waals surface area (Å²) in [6.45, 7) is 1.93. The number of likely N-dealkylation sites (N-methyl/N-ethyl adjacent to an activating group) is 1. The van der Waals surface area contributed by atoms with Gasteiger partial charge in [0.05, 0.1) is 18.5 Å². The molecule has 0 aliphatic heterocycles. The van der Waals surface area contributed by atoms with E-state index in [0.717, 1.165) is 11.3 Å². The molecule has 5 heteroatoms. The largest absolute Gasteiger partial charge is 0.496 e. The molecule has 0 saturated carbocycles. The summed E-state index contributed by atoms with van der Waals surface area (Å²) in [5, 5.41) is 0. The van der Waals surface area contributed by atoms with Crippen molar-refractivity contribution < 1.29 is 9.53 Å². The SMILES string of the molecule is COc1ccccc1CC(=O)N(C)C(C)CC(N)=S. The molecule has 0 radical (unpaired) electrons. The zero-order valence-electron chi connectivity index (χ0n) is 11.6. The second-order valence-electron chi connectivity index (χ2n) is 4.51. The van der Waals surface area contributed by atoms with Gasteiger partial charge >= 0.3 is 0 Å². The van der Waals surface area contributed by atoms with E-state index in [1.165, 1.54) is 0 Å². The van der Waals surface area contributed by atoms with Crippen molar-refractivity contribution in [3.05, 3.63) is 29.8 Å². The van der Waals surface area contributed by atoms with Gasteiger partial charge in [-0.1, -0.05) is 30.4 Å². The molecule has 0 aromatic heterocycles. The van der Waals surface area contributed by atoms with Crippen LogP contribution < -0.4 is 10.5 Å². The zero-order valence-corrected chi connectivity index (χ0v) is 12.4. The fourth-order valence-electron chi connectivity index (χ4n) is 1.81. The van der Waals surface area contributed by atoms with Crippen LogP contribution in [0.4, 0.5) is 0 Å². The van der Waals surface area contributed by atoms with Gasteiger partial charge in [-0.2, -0.15) is 0 Å². The number of benzene rings is 1. The summed E-state index contributed by atoms with van der Waals surface area (Å²) in [7, 11) is 3.36. The van der Waals surface area contributed by atoms with Crippen molar-refractivity contribution in [2.45, 2.75) is 25.8 Å². The van der Waals surface area contributed by atoms with Crippen molar-refractivity contribution in [3.63, 3.8) is 0 Å². The number of para-hydroxylation sites is 1. The highest BCUT2D eigenvalue weighted by Gasteiger charge is 2.18. The number of nitrogens with two attached hydrogens (primary N) is 1. The Kier molecular flexibility index (Phi) is 5.76. The van der Waals surface area contributed by atoms with E-state index in [9.17, 15) is 4.79 Å². The predicted octanol–water partition coefficient (Wildman–Crippen LogP) is 1.76. The molecule has 104 valence electrons. The Balaban J connectivity index is 2.71. The van der Waals surface area contributed by atoms with Gasteiger partial charge in [0.25, 0.3) is 0 Å². The van der Waals surface area contributed by atoms with Crippen LogP contribution in [0.25, 0.3) is 0 Å². The Morgan fingerprint density at radius 2 is 2.11 bits per heavy atom. The van der Waals surface area contributed by atoms with Gasteiger partial charge < -0.3 is 15.4 Å². The van der Waals surface area contributed by atoms with Gasteiger partial charge in [-0.15, -0.1) is 0 Å². The molecule has 1 aromatic rings. The van der Waals surface area contributed by atoms with Crippen LogP contribution in [0.1, 0.15) is 18.9 Å². The molecule has 0 heterocycles. The second-order valence-corrected chi connectivity index (χ2v) is 5.04. The average Bonchev–Trinajstić information content (AvgIpc) is 2.37. The highest BCUT2D eigenvalue weighted by atomic mass is 32.1. The highest BCUT2D eigenvalue weighted by Crippen LogP contribution is 2.18. The first kappa shape index (κ1) is 15.4. The van der Waals surface area contributed by atoms with E-state index in [1.807, 2.05) is 31.2 Å². The summed E-state index contributed by atoms with van der Waals surface area (Å²) >= 11 is 4.87. The maximum Gasteiger partial charge on any atom is 0.227 e. The van der Waals surface area contributed by atoms with Crippen molar-refractivity contribution in [2.24, 2.45) is 5.73 Å². The molecule has 0 aliphatic rings. The van der Waals surface area contributed by atoms with Gasteiger partial charge in [0.2, 0.25) is 5.91 Å². The molecule has 4 nitrogen and oxygen atoms in total. The molecule has 0 fully saturated rings. The third kappa shape index (κ3) is 4.52. The van der Waals surface area contributed by atoms with Crippen molar-refractivity contribution in [1.82, 2.24) is 4.90 Å².